The van der Waals surface area contributed by atoms with Crippen molar-refractivity contribution in [2.45, 2.75) is 43.4 Å². The van der Waals surface area contributed by atoms with E-state index in [0.29, 0.717) is 11.6 Å². The Morgan fingerprint density at radius 3 is 1.88 bits per heavy atom. The van der Waals surface area contributed by atoms with Crippen LogP contribution in [0.4, 0.5) is 5.69 Å². The molecule has 0 aliphatic heterocycles. The summed E-state index contributed by atoms with van der Waals surface area (Å²) in [6.45, 7) is 5.87. The number of sulfonamides is 1. The quantitative estimate of drug-likeness (QED) is 0.736. The maximum atomic E-state index is 12.5. The molecule has 0 radical (unpaired) electrons. The Bertz CT molecular complexity index is 930. The third-order valence-corrected chi connectivity index (χ3v) is 7.24. The molecular weight excluding hydrogens is 370 g/mol. The first kappa shape index (κ1) is 20.5. The number of hydrogen-bond acceptors (Lipinski definition) is 4. The average Bonchev–Trinajstić information content (AvgIpc) is 2.60. The van der Waals surface area contributed by atoms with E-state index in [4.69, 9.17) is 0 Å². The highest BCUT2D eigenvalue weighted by atomic mass is 32.2. The van der Waals surface area contributed by atoms with Crippen LogP contribution in [0.1, 0.15) is 32.8 Å². The van der Waals surface area contributed by atoms with Crippen molar-refractivity contribution in [1.82, 2.24) is 0 Å². The predicted molar refractivity (Wildman–Crippen MR) is 105 cm³/mol. The highest BCUT2D eigenvalue weighted by molar-refractivity contribution is 7.92. The summed E-state index contributed by atoms with van der Waals surface area (Å²) in [4.78, 5) is 0.355. The summed E-state index contributed by atoms with van der Waals surface area (Å²) < 4.78 is 51.1. The Kier molecular flexibility index (Phi) is 6.47. The minimum absolute atomic E-state index is 0.00122. The monoisotopic (exact) mass is 395 g/mol. The minimum Gasteiger partial charge on any atom is -0.280 e. The van der Waals surface area contributed by atoms with Crippen LogP contribution in [0, 0.1) is 5.92 Å². The number of rotatable bonds is 8. The summed E-state index contributed by atoms with van der Waals surface area (Å²) in [5.41, 5.74) is 1.43. The van der Waals surface area contributed by atoms with E-state index in [1.807, 2.05) is 12.1 Å². The lowest BCUT2D eigenvalue weighted by atomic mass is 10.0. The number of hydrogen-bond donors (Lipinski definition) is 1. The van der Waals surface area contributed by atoms with E-state index < -0.39 is 19.9 Å². The van der Waals surface area contributed by atoms with Crippen molar-refractivity contribution in [3.63, 3.8) is 0 Å². The van der Waals surface area contributed by atoms with Crippen molar-refractivity contribution in [2.75, 3.05) is 10.5 Å². The SMILES string of the molecule is CCS(=O)(=O)c1ccc(NS(=O)(=O)c2ccc(CCC(C)C)cc2)cc1. The summed E-state index contributed by atoms with van der Waals surface area (Å²) in [6.07, 6.45) is 1.97. The summed E-state index contributed by atoms with van der Waals surface area (Å²) in [7, 11) is -7.02. The van der Waals surface area contributed by atoms with Gasteiger partial charge in [-0.25, -0.2) is 16.8 Å². The Balaban J connectivity index is 2.13. The van der Waals surface area contributed by atoms with E-state index in [0.717, 1.165) is 18.4 Å². The molecule has 7 heteroatoms. The fourth-order valence-electron chi connectivity index (χ4n) is 2.40. The van der Waals surface area contributed by atoms with Gasteiger partial charge in [0.05, 0.1) is 15.5 Å². The van der Waals surface area contributed by atoms with Crippen molar-refractivity contribution in [3.8, 4) is 0 Å². The molecule has 0 saturated heterocycles. The molecule has 0 bridgehead atoms. The van der Waals surface area contributed by atoms with Gasteiger partial charge >= 0.3 is 0 Å². The Labute approximate surface area is 156 Å². The summed E-state index contributed by atoms with van der Waals surface area (Å²) in [5, 5.41) is 0. The number of aryl methyl sites for hydroxylation is 1. The van der Waals surface area contributed by atoms with E-state index in [1.165, 1.54) is 24.3 Å². The number of sulfone groups is 1. The molecule has 0 aliphatic carbocycles. The van der Waals surface area contributed by atoms with Crippen LogP contribution < -0.4 is 4.72 Å². The highest BCUT2D eigenvalue weighted by Gasteiger charge is 2.15. The van der Waals surface area contributed by atoms with Crippen molar-refractivity contribution in [2.24, 2.45) is 5.92 Å². The van der Waals surface area contributed by atoms with Crippen LogP contribution >= 0.6 is 0 Å². The van der Waals surface area contributed by atoms with E-state index in [-0.39, 0.29) is 15.5 Å². The molecule has 0 spiro atoms. The molecule has 0 aromatic heterocycles. The minimum atomic E-state index is -3.71. The normalized spacial score (nSPS) is 12.3. The second kappa shape index (κ2) is 8.22. The van der Waals surface area contributed by atoms with Crippen LogP contribution in [0.3, 0.4) is 0 Å². The van der Waals surface area contributed by atoms with Crippen LogP contribution in [-0.2, 0) is 26.3 Å². The standard InChI is InChI=1S/C19H25NO4S2/c1-4-25(21,22)18-13-9-17(10-14-18)20-26(23,24)19-11-7-16(8-12-19)6-5-15(2)3/h7-15,20H,4-6H2,1-3H3. The number of benzene rings is 2. The fraction of sp³-hybridized carbons (Fsp3) is 0.368. The second-order valence-corrected chi connectivity index (χ2v) is 10.6. The molecule has 0 atom stereocenters. The Morgan fingerprint density at radius 2 is 1.38 bits per heavy atom. The maximum Gasteiger partial charge on any atom is 0.261 e. The van der Waals surface area contributed by atoms with Crippen molar-refractivity contribution < 1.29 is 16.8 Å². The van der Waals surface area contributed by atoms with Gasteiger partial charge in [0.2, 0.25) is 0 Å². The first-order valence-corrected chi connectivity index (χ1v) is 11.7. The smallest absolute Gasteiger partial charge is 0.261 e. The number of anilines is 1. The van der Waals surface area contributed by atoms with Gasteiger partial charge in [0, 0.05) is 5.69 Å². The first-order chi connectivity index (χ1) is 12.1. The van der Waals surface area contributed by atoms with Gasteiger partial charge in [0.15, 0.2) is 9.84 Å². The summed E-state index contributed by atoms with van der Waals surface area (Å²) >= 11 is 0. The molecular formula is C19H25NO4S2. The number of nitrogens with one attached hydrogen (secondary N) is 1. The zero-order chi connectivity index (χ0) is 19.4. The molecule has 0 fully saturated rings. The topological polar surface area (TPSA) is 80.3 Å². The van der Waals surface area contributed by atoms with Gasteiger partial charge in [-0.3, -0.25) is 4.72 Å². The third kappa shape index (κ3) is 5.32. The zero-order valence-electron chi connectivity index (χ0n) is 15.3. The molecule has 0 amide bonds. The lowest BCUT2D eigenvalue weighted by Gasteiger charge is -2.10. The van der Waals surface area contributed by atoms with Crippen LogP contribution in [0.5, 0.6) is 0 Å². The highest BCUT2D eigenvalue weighted by Crippen LogP contribution is 2.20. The molecule has 5 nitrogen and oxygen atoms in total. The van der Waals surface area contributed by atoms with Gasteiger partial charge < -0.3 is 0 Å². The van der Waals surface area contributed by atoms with Crippen LogP contribution in [-0.4, -0.2) is 22.6 Å². The molecule has 1 N–H and O–H groups in total. The van der Waals surface area contributed by atoms with Crippen LogP contribution in [0.25, 0.3) is 0 Å². The first-order valence-electron chi connectivity index (χ1n) is 8.58. The third-order valence-electron chi connectivity index (χ3n) is 4.09. The van der Waals surface area contributed by atoms with Gasteiger partial charge in [0.1, 0.15) is 0 Å². The molecule has 142 valence electrons. The van der Waals surface area contributed by atoms with Crippen molar-refractivity contribution >= 4 is 25.5 Å². The molecule has 0 saturated carbocycles. The molecule has 2 aromatic carbocycles. The van der Waals surface area contributed by atoms with Gasteiger partial charge in [-0.15, -0.1) is 0 Å². The van der Waals surface area contributed by atoms with Crippen molar-refractivity contribution in [3.05, 3.63) is 54.1 Å². The molecule has 26 heavy (non-hydrogen) atoms. The van der Waals surface area contributed by atoms with E-state index in [9.17, 15) is 16.8 Å². The molecule has 0 unspecified atom stereocenters. The zero-order valence-corrected chi connectivity index (χ0v) is 16.9. The van der Waals surface area contributed by atoms with E-state index in [1.54, 1.807) is 19.1 Å². The van der Waals surface area contributed by atoms with E-state index in [2.05, 4.69) is 18.6 Å². The van der Waals surface area contributed by atoms with Crippen molar-refractivity contribution in [1.29, 1.82) is 0 Å². The summed E-state index contributed by atoms with van der Waals surface area (Å²) in [6, 6.07) is 12.6. The molecule has 0 heterocycles. The van der Waals surface area contributed by atoms with Gasteiger partial charge in [-0.05, 0) is 60.7 Å². The Morgan fingerprint density at radius 1 is 0.846 bits per heavy atom. The maximum absolute atomic E-state index is 12.5. The lowest BCUT2D eigenvalue weighted by molar-refractivity contribution is 0.586. The van der Waals surface area contributed by atoms with E-state index >= 15 is 0 Å². The summed E-state index contributed by atoms with van der Waals surface area (Å²) in [5.74, 6) is 0.598. The largest absolute Gasteiger partial charge is 0.280 e. The molecule has 0 aliphatic rings. The van der Waals surface area contributed by atoms with Gasteiger partial charge in [0.25, 0.3) is 10.0 Å². The molecule has 2 aromatic rings. The van der Waals surface area contributed by atoms with Gasteiger partial charge in [-0.1, -0.05) is 32.9 Å². The molecule has 2 rings (SSSR count). The fourth-order valence-corrected chi connectivity index (χ4v) is 4.34. The lowest BCUT2D eigenvalue weighted by Crippen LogP contribution is -2.13. The van der Waals surface area contributed by atoms with Crippen LogP contribution in [0.15, 0.2) is 58.3 Å². The predicted octanol–water partition coefficient (Wildman–Crippen LogP) is 3.87. The average molecular weight is 396 g/mol. The second-order valence-electron chi connectivity index (χ2n) is 6.61. The Hall–Kier alpha value is -1.86. The van der Waals surface area contributed by atoms with Crippen LogP contribution in [0.2, 0.25) is 0 Å². The van der Waals surface area contributed by atoms with Gasteiger partial charge in [-0.2, -0.15) is 0 Å².